The number of carbonyl (C=O) groups excluding carboxylic acids is 1. The minimum Gasteiger partial charge on any atom is -0.495 e. The fourth-order valence-electron chi connectivity index (χ4n) is 2.75. The summed E-state index contributed by atoms with van der Waals surface area (Å²) in [6.45, 7) is 1.91. The molecule has 0 aliphatic carbocycles. The maximum absolute atomic E-state index is 12.7. The van der Waals surface area contributed by atoms with Gasteiger partial charge in [-0.3, -0.25) is 9.10 Å². The van der Waals surface area contributed by atoms with Gasteiger partial charge in [-0.1, -0.05) is 23.7 Å². The first-order valence-electron chi connectivity index (χ1n) is 8.39. The van der Waals surface area contributed by atoms with Crippen LogP contribution in [0.4, 0.5) is 11.4 Å². The van der Waals surface area contributed by atoms with Crippen molar-refractivity contribution in [2.75, 3.05) is 30.1 Å². The largest absolute Gasteiger partial charge is 0.495 e. The monoisotopic (exact) mass is 426 g/mol. The molecule has 1 amide bonds. The molecule has 2 rings (SSSR count). The summed E-state index contributed by atoms with van der Waals surface area (Å²) < 4.78 is 36.0. The van der Waals surface area contributed by atoms with Crippen LogP contribution >= 0.6 is 11.6 Å². The van der Waals surface area contributed by atoms with Crippen molar-refractivity contribution in [3.8, 4) is 5.75 Å². The van der Waals surface area contributed by atoms with Gasteiger partial charge >= 0.3 is 0 Å². The van der Waals surface area contributed by atoms with Gasteiger partial charge in [-0.2, -0.15) is 0 Å². The molecule has 0 aromatic heterocycles. The molecule has 0 fully saturated rings. The second kappa shape index (κ2) is 9.27. The second-order valence-electron chi connectivity index (χ2n) is 6.18. The zero-order valence-electron chi connectivity index (χ0n) is 16.1. The van der Waals surface area contributed by atoms with Crippen LogP contribution in [0.25, 0.3) is 0 Å². The lowest BCUT2D eigenvalue weighted by Gasteiger charge is -2.28. The summed E-state index contributed by atoms with van der Waals surface area (Å²) in [5.41, 5.74) is 1.70. The summed E-state index contributed by atoms with van der Waals surface area (Å²) in [5, 5.41) is 2.99. The summed E-state index contributed by atoms with van der Waals surface area (Å²) >= 11 is 6.13. The molecule has 0 aliphatic heterocycles. The Hall–Kier alpha value is -2.29. The van der Waals surface area contributed by atoms with Crippen LogP contribution in [-0.2, 0) is 26.2 Å². The number of hydrogen-bond donors (Lipinski definition) is 1. The second-order valence-corrected chi connectivity index (χ2v) is 8.44. The molecular formula is C19H23ClN2O5S. The maximum atomic E-state index is 12.7. The van der Waals surface area contributed by atoms with Crippen molar-refractivity contribution in [2.24, 2.45) is 0 Å². The molecule has 9 heteroatoms. The lowest BCUT2D eigenvalue weighted by molar-refractivity contribution is -0.116. The standard InChI is InChI=1S/C19H23ClN2O5S/c1-13(19(23)21-15-7-5-6-14(10-15)12-26-2)22(28(4,24)25)16-8-9-18(27-3)17(20)11-16/h5-11,13H,12H2,1-4H3,(H,21,23)/t13-/m1/s1. The summed E-state index contributed by atoms with van der Waals surface area (Å²) in [4.78, 5) is 12.7. The van der Waals surface area contributed by atoms with E-state index in [4.69, 9.17) is 21.1 Å². The molecule has 0 saturated heterocycles. The van der Waals surface area contributed by atoms with E-state index in [1.807, 2.05) is 6.07 Å². The number of anilines is 2. The van der Waals surface area contributed by atoms with Crippen molar-refractivity contribution >= 4 is 38.9 Å². The number of nitrogens with one attached hydrogen (secondary N) is 1. The van der Waals surface area contributed by atoms with Gasteiger partial charge < -0.3 is 14.8 Å². The molecule has 0 radical (unpaired) electrons. The highest BCUT2D eigenvalue weighted by atomic mass is 35.5. The third kappa shape index (κ3) is 5.37. The first-order valence-corrected chi connectivity index (χ1v) is 10.6. The highest BCUT2D eigenvalue weighted by Crippen LogP contribution is 2.31. The van der Waals surface area contributed by atoms with Crippen LogP contribution in [0, 0.1) is 0 Å². The zero-order chi connectivity index (χ0) is 20.9. The predicted molar refractivity (Wildman–Crippen MR) is 111 cm³/mol. The smallest absolute Gasteiger partial charge is 0.247 e. The molecule has 1 atom stereocenters. The van der Waals surface area contributed by atoms with E-state index in [1.165, 1.54) is 26.2 Å². The average molecular weight is 427 g/mol. The molecule has 152 valence electrons. The van der Waals surface area contributed by atoms with E-state index in [2.05, 4.69) is 5.32 Å². The molecule has 0 bridgehead atoms. The molecule has 7 nitrogen and oxygen atoms in total. The van der Waals surface area contributed by atoms with Gasteiger partial charge in [0.05, 0.1) is 30.7 Å². The Morgan fingerprint density at radius 2 is 1.93 bits per heavy atom. The normalized spacial score (nSPS) is 12.3. The molecule has 0 heterocycles. The number of methoxy groups -OCH3 is 2. The van der Waals surface area contributed by atoms with Gasteiger partial charge in [0, 0.05) is 12.8 Å². The Labute approximate surface area is 170 Å². The SMILES string of the molecule is COCc1cccc(NC(=O)[C@@H](C)N(c2ccc(OC)c(Cl)c2)S(C)(=O)=O)c1. The Balaban J connectivity index is 2.30. The third-order valence-corrected chi connectivity index (χ3v) is 5.52. The van der Waals surface area contributed by atoms with Crippen molar-refractivity contribution in [3.05, 3.63) is 53.1 Å². The maximum Gasteiger partial charge on any atom is 0.247 e. The number of nitrogens with zero attached hydrogens (tertiary/aromatic N) is 1. The molecular weight excluding hydrogens is 404 g/mol. The number of hydrogen-bond acceptors (Lipinski definition) is 5. The average Bonchev–Trinajstić information content (AvgIpc) is 2.61. The molecule has 2 aromatic carbocycles. The van der Waals surface area contributed by atoms with Gasteiger partial charge in [-0.25, -0.2) is 8.42 Å². The van der Waals surface area contributed by atoms with Crippen LogP contribution in [0.2, 0.25) is 5.02 Å². The van der Waals surface area contributed by atoms with Gasteiger partial charge in [0.1, 0.15) is 11.8 Å². The number of halogens is 1. The third-order valence-electron chi connectivity index (χ3n) is 3.98. The summed E-state index contributed by atoms with van der Waals surface area (Å²) in [6.07, 6.45) is 1.04. The number of carbonyl (C=O) groups is 1. The molecule has 0 unspecified atom stereocenters. The number of amides is 1. The van der Waals surface area contributed by atoms with Gasteiger partial charge in [0.25, 0.3) is 0 Å². The number of ether oxygens (including phenoxy) is 2. The molecule has 0 spiro atoms. The van der Waals surface area contributed by atoms with Crippen molar-refractivity contribution in [1.29, 1.82) is 0 Å². The topological polar surface area (TPSA) is 84.9 Å². The molecule has 2 aromatic rings. The van der Waals surface area contributed by atoms with Crippen molar-refractivity contribution in [1.82, 2.24) is 0 Å². The van der Waals surface area contributed by atoms with E-state index in [0.717, 1.165) is 16.1 Å². The Morgan fingerprint density at radius 1 is 1.21 bits per heavy atom. The zero-order valence-corrected chi connectivity index (χ0v) is 17.7. The number of benzene rings is 2. The van der Waals surface area contributed by atoms with Crippen LogP contribution < -0.4 is 14.4 Å². The van der Waals surface area contributed by atoms with E-state index in [-0.39, 0.29) is 10.7 Å². The lowest BCUT2D eigenvalue weighted by Crippen LogP contribution is -2.45. The van der Waals surface area contributed by atoms with Crippen molar-refractivity contribution in [2.45, 2.75) is 19.6 Å². The van der Waals surface area contributed by atoms with Gasteiger partial charge in [-0.15, -0.1) is 0 Å². The van der Waals surface area contributed by atoms with Crippen LogP contribution in [0.5, 0.6) is 5.75 Å². The molecule has 0 aliphatic rings. The molecule has 0 saturated carbocycles. The first-order chi connectivity index (χ1) is 13.2. The van der Waals surface area contributed by atoms with Crippen LogP contribution in [0.1, 0.15) is 12.5 Å². The Bertz CT molecular complexity index is 949. The number of sulfonamides is 1. The van der Waals surface area contributed by atoms with Crippen LogP contribution in [0.15, 0.2) is 42.5 Å². The van der Waals surface area contributed by atoms with E-state index >= 15 is 0 Å². The van der Waals surface area contributed by atoms with E-state index in [1.54, 1.807) is 31.4 Å². The van der Waals surface area contributed by atoms with E-state index in [0.29, 0.717) is 18.0 Å². The van der Waals surface area contributed by atoms with Crippen molar-refractivity contribution in [3.63, 3.8) is 0 Å². The lowest BCUT2D eigenvalue weighted by atomic mass is 10.2. The minimum atomic E-state index is -3.75. The Morgan fingerprint density at radius 3 is 2.50 bits per heavy atom. The van der Waals surface area contributed by atoms with Gasteiger partial charge in [0.2, 0.25) is 15.9 Å². The van der Waals surface area contributed by atoms with Crippen LogP contribution in [-0.4, -0.2) is 40.8 Å². The quantitative estimate of drug-likeness (QED) is 0.700. The van der Waals surface area contributed by atoms with Gasteiger partial charge in [-0.05, 0) is 42.8 Å². The first kappa shape index (κ1) is 22.0. The van der Waals surface area contributed by atoms with E-state index in [9.17, 15) is 13.2 Å². The summed E-state index contributed by atoms with van der Waals surface area (Å²) in [5.74, 6) is -0.0714. The molecule has 1 N–H and O–H groups in total. The summed E-state index contributed by atoms with van der Waals surface area (Å²) in [6, 6.07) is 10.7. The van der Waals surface area contributed by atoms with Crippen molar-refractivity contribution < 1.29 is 22.7 Å². The fourth-order valence-corrected chi connectivity index (χ4v) is 4.17. The van der Waals surface area contributed by atoms with Gasteiger partial charge in [0.15, 0.2) is 0 Å². The van der Waals surface area contributed by atoms with Crippen LogP contribution in [0.3, 0.4) is 0 Å². The Kier molecular flexibility index (Phi) is 7.29. The fraction of sp³-hybridized carbons (Fsp3) is 0.316. The minimum absolute atomic E-state index is 0.244. The molecule has 28 heavy (non-hydrogen) atoms. The highest BCUT2D eigenvalue weighted by Gasteiger charge is 2.29. The highest BCUT2D eigenvalue weighted by molar-refractivity contribution is 7.92. The number of rotatable bonds is 8. The summed E-state index contributed by atoms with van der Waals surface area (Å²) in [7, 11) is -0.713. The van der Waals surface area contributed by atoms with E-state index < -0.39 is 22.0 Å². The predicted octanol–water partition coefficient (Wildman–Crippen LogP) is 3.29.